The molecule has 28 heavy (non-hydrogen) atoms. The van der Waals surface area contributed by atoms with Crippen molar-refractivity contribution >= 4 is 23.4 Å². The molecule has 3 heterocycles. The number of hydrogen-bond donors (Lipinski definition) is 0. The monoisotopic (exact) mass is 396 g/mol. The summed E-state index contributed by atoms with van der Waals surface area (Å²) in [5, 5.41) is 17.8. The average molecular weight is 396 g/mol. The summed E-state index contributed by atoms with van der Waals surface area (Å²) in [4.78, 5) is 18.9. The maximum absolute atomic E-state index is 13.1. The van der Waals surface area contributed by atoms with Crippen LogP contribution in [0.15, 0.2) is 46.0 Å². The number of anilines is 1. The minimum Gasteiger partial charge on any atom is -0.854 e. The number of thioether (sulfide) groups is 1. The Bertz CT molecular complexity index is 1050. The fraction of sp³-hybridized carbons (Fsp3) is 0.300. The van der Waals surface area contributed by atoms with Gasteiger partial charge in [-0.05, 0) is 48.5 Å². The number of aryl methyl sites for hydroxylation is 1. The Morgan fingerprint density at radius 3 is 2.79 bits per heavy atom. The molecular formula is C20H20N4O3S. The van der Waals surface area contributed by atoms with E-state index in [2.05, 4.69) is 10.1 Å². The minimum atomic E-state index is -0.681. The molecule has 0 radical (unpaired) electrons. The summed E-state index contributed by atoms with van der Waals surface area (Å²) in [6.07, 6.45) is 2.22. The van der Waals surface area contributed by atoms with Crippen LogP contribution in [0.4, 0.5) is 5.69 Å². The summed E-state index contributed by atoms with van der Waals surface area (Å²) in [6, 6.07) is 11.0. The molecule has 8 heteroatoms. The van der Waals surface area contributed by atoms with Crippen LogP contribution in [0.25, 0.3) is 11.3 Å². The fourth-order valence-corrected chi connectivity index (χ4v) is 3.82. The van der Waals surface area contributed by atoms with Gasteiger partial charge in [0, 0.05) is 11.5 Å². The van der Waals surface area contributed by atoms with Crippen molar-refractivity contribution in [3.05, 3.63) is 47.9 Å². The Labute approximate surface area is 167 Å². The first-order valence-electron chi connectivity index (χ1n) is 9.07. The molecule has 1 aromatic carbocycles. The summed E-state index contributed by atoms with van der Waals surface area (Å²) in [6.45, 7) is 3.81. The van der Waals surface area contributed by atoms with E-state index in [1.807, 2.05) is 56.5 Å². The number of benzene rings is 1. The lowest BCUT2D eigenvalue weighted by molar-refractivity contribution is -0.765. The molecule has 1 atom stereocenters. The number of aromatic nitrogens is 3. The van der Waals surface area contributed by atoms with Crippen LogP contribution in [0.1, 0.15) is 37.5 Å². The van der Waals surface area contributed by atoms with Gasteiger partial charge in [0.15, 0.2) is 5.76 Å². The minimum absolute atomic E-state index is 0.0519. The van der Waals surface area contributed by atoms with Crippen molar-refractivity contribution in [1.29, 1.82) is 0 Å². The predicted octanol–water partition coefficient (Wildman–Crippen LogP) is 2.82. The van der Waals surface area contributed by atoms with Crippen molar-refractivity contribution in [3.8, 4) is 17.1 Å². The molecule has 0 aliphatic carbocycles. The van der Waals surface area contributed by atoms with E-state index in [-0.39, 0.29) is 11.8 Å². The molecule has 1 amide bonds. The van der Waals surface area contributed by atoms with Crippen LogP contribution in [-0.4, -0.2) is 22.2 Å². The highest BCUT2D eigenvalue weighted by Gasteiger charge is 2.46. The van der Waals surface area contributed by atoms with E-state index in [9.17, 15) is 9.90 Å². The van der Waals surface area contributed by atoms with E-state index in [1.165, 1.54) is 11.8 Å². The first-order valence-corrected chi connectivity index (χ1v) is 10.3. The third-order valence-corrected chi connectivity index (χ3v) is 5.19. The van der Waals surface area contributed by atoms with Gasteiger partial charge in [0.25, 0.3) is 10.9 Å². The maximum atomic E-state index is 13.1. The lowest BCUT2D eigenvalue weighted by Crippen LogP contribution is -2.59. The Morgan fingerprint density at radius 1 is 1.32 bits per heavy atom. The number of fused-ring (bicyclic) bond motifs is 3. The summed E-state index contributed by atoms with van der Waals surface area (Å²) in [5.74, 6) is 0.847. The molecule has 1 aliphatic rings. The number of furan rings is 1. The lowest BCUT2D eigenvalue weighted by Gasteiger charge is -2.32. The molecule has 0 saturated carbocycles. The third-order valence-electron chi connectivity index (χ3n) is 4.65. The lowest BCUT2D eigenvalue weighted by atomic mass is 10.0. The molecule has 1 aliphatic heterocycles. The second-order valence-corrected chi connectivity index (χ2v) is 7.32. The zero-order valence-electron chi connectivity index (χ0n) is 15.9. The molecular weight excluding hydrogens is 376 g/mol. The van der Waals surface area contributed by atoms with E-state index < -0.39 is 6.17 Å². The number of nitrogens with zero attached hydrogens (tertiary/aromatic N) is 4. The Morgan fingerprint density at radius 2 is 2.11 bits per heavy atom. The van der Waals surface area contributed by atoms with Gasteiger partial charge < -0.3 is 9.52 Å². The standard InChI is InChI=1S/C20H20N4O3S/c1-4-7-16(25)23-14-9-6-5-8-13(14)17-18(26)21-20(28-3)22-24(17)19(23)15-11-10-12(2)27-15/h5-6,8-11,19H,4,7H2,1-3H3. The van der Waals surface area contributed by atoms with Crippen LogP contribution in [0.5, 0.6) is 5.88 Å². The van der Waals surface area contributed by atoms with Gasteiger partial charge in [0.1, 0.15) is 5.76 Å². The maximum Gasteiger partial charge on any atom is 0.325 e. The molecule has 1 unspecified atom stereocenters. The van der Waals surface area contributed by atoms with E-state index in [0.717, 1.165) is 5.76 Å². The van der Waals surface area contributed by atoms with Crippen molar-refractivity contribution in [1.82, 2.24) is 10.1 Å². The van der Waals surface area contributed by atoms with Gasteiger partial charge in [-0.25, -0.2) is 9.88 Å². The smallest absolute Gasteiger partial charge is 0.325 e. The van der Waals surface area contributed by atoms with E-state index in [0.29, 0.717) is 40.7 Å². The van der Waals surface area contributed by atoms with Gasteiger partial charge in [0.05, 0.1) is 17.1 Å². The van der Waals surface area contributed by atoms with Crippen LogP contribution in [0, 0.1) is 6.92 Å². The third kappa shape index (κ3) is 2.93. The van der Waals surface area contributed by atoms with Crippen LogP contribution in [-0.2, 0) is 4.79 Å². The summed E-state index contributed by atoms with van der Waals surface area (Å²) < 4.78 is 7.46. The zero-order chi connectivity index (χ0) is 19.8. The molecule has 0 fully saturated rings. The number of para-hydroxylation sites is 1. The molecule has 0 saturated heterocycles. The quantitative estimate of drug-likeness (QED) is 0.498. The van der Waals surface area contributed by atoms with Crippen molar-refractivity contribution in [2.75, 3.05) is 11.2 Å². The van der Waals surface area contributed by atoms with Crippen molar-refractivity contribution in [3.63, 3.8) is 0 Å². The number of amides is 1. The highest BCUT2D eigenvalue weighted by Crippen LogP contribution is 2.41. The van der Waals surface area contributed by atoms with Gasteiger partial charge in [-0.1, -0.05) is 30.8 Å². The fourth-order valence-electron chi connectivity index (χ4n) is 3.47. The van der Waals surface area contributed by atoms with Crippen LogP contribution in [0.2, 0.25) is 0 Å². The van der Waals surface area contributed by atoms with Crippen LogP contribution >= 0.6 is 11.8 Å². The van der Waals surface area contributed by atoms with Gasteiger partial charge in [0.2, 0.25) is 5.91 Å². The molecule has 0 bridgehead atoms. The predicted molar refractivity (Wildman–Crippen MR) is 103 cm³/mol. The van der Waals surface area contributed by atoms with Gasteiger partial charge in [-0.3, -0.25) is 4.79 Å². The first kappa shape index (κ1) is 18.5. The second-order valence-electron chi connectivity index (χ2n) is 6.55. The highest BCUT2D eigenvalue weighted by atomic mass is 32.2. The van der Waals surface area contributed by atoms with E-state index in [1.54, 1.807) is 9.58 Å². The van der Waals surface area contributed by atoms with Crippen molar-refractivity contribution in [2.24, 2.45) is 0 Å². The SMILES string of the molecule is CCCC(=O)N1c2ccccc2-c2c([O-])nc(SC)n[n+]2C1c1ccc(C)o1. The van der Waals surface area contributed by atoms with Crippen molar-refractivity contribution in [2.45, 2.75) is 38.0 Å². The molecule has 2 aromatic heterocycles. The van der Waals surface area contributed by atoms with E-state index in [4.69, 9.17) is 4.42 Å². The largest absolute Gasteiger partial charge is 0.854 e. The molecule has 3 aromatic rings. The van der Waals surface area contributed by atoms with Gasteiger partial charge >= 0.3 is 6.17 Å². The number of carbonyl (C=O) groups is 1. The van der Waals surface area contributed by atoms with Crippen molar-refractivity contribution < 1.29 is 19.0 Å². The Kier molecular flexibility index (Phi) is 4.80. The number of hydrogen-bond acceptors (Lipinski definition) is 6. The summed E-state index contributed by atoms with van der Waals surface area (Å²) >= 11 is 1.28. The Hall–Kier alpha value is -2.87. The Balaban J connectivity index is 2.04. The van der Waals surface area contributed by atoms with Crippen LogP contribution in [0.3, 0.4) is 0 Å². The number of rotatable bonds is 4. The summed E-state index contributed by atoms with van der Waals surface area (Å²) in [5.41, 5.74) is 1.66. The van der Waals surface area contributed by atoms with E-state index >= 15 is 0 Å². The number of carbonyl (C=O) groups excluding carboxylic acids is 1. The first-order chi connectivity index (χ1) is 13.5. The second kappa shape index (κ2) is 7.27. The zero-order valence-corrected chi connectivity index (χ0v) is 16.7. The van der Waals surface area contributed by atoms with Gasteiger partial charge in [-0.15, -0.1) is 0 Å². The molecule has 144 valence electrons. The normalized spacial score (nSPS) is 15.2. The molecule has 0 spiro atoms. The molecule has 0 N–H and O–H groups in total. The highest BCUT2D eigenvalue weighted by molar-refractivity contribution is 7.98. The molecule has 4 rings (SSSR count). The topological polar surface area (TPSA) is 86.2 Å². The molecule has 7 nitrogen and oxygen atoms in total. The van der Waals surface area contributed by atoms with Gasteiger partial charge in [-0.2, -0.15) is 0 Å². The summed E-state index contributed by atoms with van der Waals surface area (Å²) in [7, 11) is 0. The average Bonchev–Trinajstić information content (AvgIpc) is 3.12. The van der Waals surface area contributed by atoms with Crippen LogP contribution < -0.4 is 14.7 Å².